The zero-order valence-electron chi connectivity index (χ0n) is 10.2. The summed E-state index contributed by atoms with van der Waals surface area (Å²) in [6.07, 6.45) is 1.60. The Balaban J connectivity index is 2.22. The fraction of sp³-hybridized carbons (Fsp3) is 0.167. The molecule has 1 amide bonds. The van der Waals surface area contributed by atoms with Crippen LogP contribution < -0.4 is 15.8 Å². The number of rotatable bonds is 3. The quantitative estimate of drug-likeness (QED) is 0.799. The summed E-state index contributed by atoms with van der Waals surface area (Å²) in [5.41, 5.74) is 6.57. The summed E-state index contributed by atoms with van der Waals surface area (Å²) in [4.78, 5) is 12.0. The molecule has 0 aliphatic rings. The van der Waals surface area contributed by atoms with Crippen molar-refractivity contribution in [1.29, 1.82) is 0 Å². The van der Waals surface area contributed by atoms with E-state index in [-0.39, 0.29) is 5.91 Å². The van der Waals surface area contributed by atoms with Crippen molar-refractivity contribution in [1.82, 2.24) is 9.78 Å². The van der Waals surface area contributed by atoms with Gasteiger partial charge >= 0.3 is 0 Å². The number of hydrogen-bond donors (Lipinski definition) is 2. The first-order valence-electron chi connectivity index (χ1n) is 5.34. The number of carbonyl (C=O) groups is 1. The molecule has 0 atom stereocenters. The van der Waals surface area contributed by atoms with Crippen LogP contribution in [-0.2, 0) is 7.05 Å². The summed E-state index contributed by atoms with van der Waals surface area (Å²) in [5.74, 6) is 0.943. The molecular formula is C12H14N4O2. The third kappa shape index (κ3) is 2.27. The lowest BCUT2D eigenvalue weighted by Crippen LogP contribution is -2.16. The molecule has 1 heterocycles. The SMILES string of the molecule is COc1ccc(C(=O)Nc2ccnn2C)c(N)c1. The summed E-state index contributed by atoms with van der Waals surface area (Å²) in [5, 5.41) is 6.69. The topological polar surface area (TPSA) is 82.2 Å². The maximum absolute atomic E-state index is 12.0. The number of methoxy groups -OCH3 is 1. The highest BCUT2D eigenvalue weighted by molar-refractivity contribution is 6.07. The standard InChI is InChI=1S/C12H14N4O2/c1-16-11(5-6-14-16)15-12(17)9-4-3-8(18-2)7-10(9)13/h3-7H,13H2,1-2H3,(H,15,17). The molecule has 0 aliphatic carbocycles. The highest BCUT2D eigenvalue weighted by Gasteiger charge is 2.12. The first-order valence-corrected chi connectivity index (χ1v) is 5.34. The molecule has 3 N–H and O–H groups in total. The molecule has 1 aromatic carbocycles. The number of amides is 1. The summed E-state index contributed by atoms with van der Waals surface area (Å²) in [7, 11) is 3.29. The molecule has 0 bridgehead atoms. The van der Waals surface area contributed by atoms with Crippen LogP contribution in [0.1, 0.15) is 10.4 Å². The molecule has 1 aromatic heterocycles. The van der Waals surface area contributed by atoms with Crippen LogP contribution in [0.2, 0.25) is 0 Å². The molecule has 0 aliphatic heterocycles. The zero-order chi connectivity index (χ0) is 13.1. The smallest absolute Gasteiger partial charge is 0.258 e. The van der Waals surface area contributed by atoms with Gasteiger partial charge in [-0.2, -0.15) is 5.10 Å². The van der Waals surface area contributed by atoms with E-state index in [1.165, 1.54) is 0 Å². The lowest BCUT2D eigenvalue weighted by Gasteiger charge is -2.08. The minimum Gasteiger partial charge on any atom is -0.497 e. The fourth-order valence-electron chi connectivity index (χ4n) is 1.55. The number of nitrogens with zero attached hydrogens (tertiary/aromatic N) is 2. The van der Waals surface area contributed by atoms with Crippen LogP contribution >= 0.6 is 0 Å². The molecule has 6 heteroatoms. The van der Waals surface area contributed by atoms with E-state index >= 15 is 0 Å². The van der Waals surface area contributed by atoms with Gasteiger partial charge in [-0.05, 0) is 12.1 Å². The van der Waals surface area contributed by atoms with Crippen molar-refractivity contribution in [3.8, 4) is 5.75 Å². The summed E-state index contributed by atoms with van der Waals surface area (Å²) in [6.45, 7) is 0. The third-order valence-corrected chi connectivity index (χ3v) is 2.57. The van der Waals surface area contributed by atoms with Gasteiger partial charge in [0.1, 0.15) is 11.6 Å². The van der Waals surface area contributed by atoms with E-state index in [4.69, 9.17) is 10.5 Å². The Morgan fingerprint density at radius 1 is 1.44 bits per heavy atom. The number of aromatic nitrogens is 2. The van der Waals surface area contributed by atoms with E-state index in [0.717, 1.165) is 0 Å². The lowest BCUT2D eigenvalue weighted by atomic mass is 10.1. The molecule has 2 aromatic rings. The molecule has 6 nitrogen and oxygen atoms in total. The molecule has 0 saturated carbocycles. The maximum atomic E-state index is 12.0. The van der Waals surface area contributed by atoms with Crippen LogP contribution in [0.25, 0.3) is 0 Å². The molecule has 94 valence electrons. The lowest BCUT2D eigenvalue weighted by molar-refractivity contribution is 0.102. The Bertz CT molecular complexity index is 577. The molecule has 2 rings (SSSR count). The molecule has 0 unspecified atom stereocenters. The van der Waals surface area contributed by atoms with Crippen molar-refractivity contribution in [2.45, 2.75) is 0 Å². The van der Waals surface area contributed by atoms with E-state index in [9.17, 15) is 4.79 Å². The molecule has 0 radical (unpaired) electrons. The summed E-state index contributed by atoms with van der Waals surface area (Å²) >= 11 is 0. The van der Waals surface area contributed by atoms with Crippen molar-refractivity contribution in [3.63, 3.8) is 0 Å². The first kappa shape index (κ1) is 12.0. The largest absolute Gasteiger partial charge is 0.497 e. The van der Waals surface area contributed by atoms with Crippen molar-refractivity contribution < 1.29 is 9.53 Å². The average molecular weight is 246 g/mol. The second-order valence-corrected chi connectivity index (χ2v) is 3.75. The van der Waals surface area contributed by atoms with Gasteiger partial charge in [0.15, 0.2) is 0 Å². The average Bonchev–Trinajstić information content (AvgIpc) is 2.74. The number of aryl methyl sites for hydroxylation is 1. The van der Waals surface area contributed by atoms with Gasteiger partial charge in [0.2, 0.25) is 0 Å². The summed E-state index contributed by atoms with van der Waals surface area (Å²) < 4.78 is 6.60. The molecular weight excluding hydrogens is 232 g/mol. The van der Waals surface area contributed by atoms with Gasteiger partial charge in [-0.1, -0.05) is 0 Å². The minimum absolute atomic E-state index is 0.279. The number of hydrogen-bond acceptors (Lipinski definition) is 4. The number of nitrogens with two attached hydrogens (primary N) is 1. The second kappa shape index (κ2) is 4.79. The number of carbonyl (C=O) groups excluding carboxylic acids is 1. The van der Waals surface area contributed by atoms with Crippen LogP contribution in [0.3, 0.4) is 0 Å². The summed E-state index contributed by atoms with van der Waals surface area (Å²) in [6, 6.07) is 6.63. The van der Waals surface area contributed by atoms with Crippen molar-refractivity contribution in [2.75, 3.05) is 18.2 Å². The second-order valence-electron chi connectivity index (χ2n) is 3.75. The van der Waals surface area contributed by atoms with Gasteiger partial charge in [0.25, 0.3) is 5.91 Å². The van der Waals surface area contributed by atoms with Gasteiger partial charge in [-0.15, -0.1) is 0 Å². The van der Waals surface area contributed by atoms with Gasteiger partial charge in [-0.25, -0.2) is 0 Å². The van der Waals surface area contributed by atoms with Crippen LogP contribution in [0.4, 0.5) is 11.5 Å². The number of nitrogen functional groups attached to an aromatic ring is 1. The van der Waals surface area contributed by atoms with Crippen LogP contribution in [0.15, 0.2) is 30.5 Å². The van der Waals surface area contributed by atoms with E-state index in [1.807, 2.05) is 0 Å². The Kier molecular flexibility index (Phi) is 3.18. The van der Waals surface area contributed by atoms with E-state index in [1.54, 1.807) is 49.3 Å². The van der Waals surface area contributed by atoms with Crippen LogP contribution in [0, 0.1) is 0 Å². The number of anilines is 2. The van der Waals surface area contributed by atoms with E-state index in [2.05, 4.69) is 10.4 Å². The maximum Gasteiger partial charge on any atom is 0.258 e. The first-order chi connectivity index (χ1) is 8.61. The highest BCUT2D eigenvalue weighted by atomic mass is 16.5. The molecule has 0 saturated heterocycles. The predicted octanol–water partition coefficient (Wildman–Crippen LogP) is 1.26. The van der Waals surface area contributed by atoms with Gasteiger partial charge in [0.05, 0.1) is 18.9 Å². The van der Waals surface area contributed by atoms with Crippen LogP contribution in [0.5, 0.6) is 5.75 Å². The normalized spacial score (nSPS) is 10.1. The number of nitrogens with one attached hydrogen (secondary N) is 1. The Hall–Kier alpha value is -2.50. The van der Waals surface area contributed by atoms with Crippen molar-refractivity contribution in [2.24, 2.45) is 7.05 Å². The minimum atomic E-state index is -0.279. The Morgan fingerprint density at radius 3 is 2.78 bits per heavy atom. The number of ether oxygens (including phenoxy) is 1. The fourth-order valence-corrected chi connectivity index (χ4v) is 1.55. The monoisotopic (exact) mass is 246 g/mol. The number of benzene rings is 1. The zero-order valence-corrected chi connectivity index (χ0v) is 10.2. The van der Waals surface area contributed by atoms with E-state index in [0.29, 0.717) is 22.8 Å². The molecule has 0 spiro atoms. The van der Waals surface area contributed by atoms with Crippen LogP contribution in [-0.4, -0.2) is 22.8 Å². The third-order valence-electron chi connectivity index (χ3n) is 2.57. The predicted molar refractivity (Wildman–Crippen MR) is 68.6 cm³/mol. The molecule has 18 heavy (non-hydrogen) atoms. The van der Waals surface area contributed by atoms with Gasteiger partial charge in [-0.3, -0.25) is 9.48 Å². The highest BCUT2D eigenvalue weighted by Crippen LogP contribution is 2.20. The van der Waals surface area contributed by atoms with Crippen molar-refractivity contribution in [3.05, 3.63) is 36.0 Å². The van der Waals surface area contributed by atoms with Crippen molar-refractivity contribution >= 4 is 17.4 Å². The molecule has 0 fully saturated rings. The van der Waals surface area contributed by atoms with Gasteiger partial charge in [0, 0.05) is 24.9 Å². The van der Waals surface area contributed by atoms with Gasteiger partial charge < -0.3 is 15.8 Å². The Labute approximate surface area is 104 Å². The van der Waals surface area contributed by atoms with E-state index < -0.39 is 0 Å². The Morgan fingerprint density at radius 2 is 2.22 bits per heavy atom.